The fourth-order valence-electron chi connectivity index (χ4n) is 3.33. The van der Waals surface area contributed by atoms with Gasteiger partial charge in [0.05, 0.1) is 0 Å². The number of nitrogens with zero attached hydrogens (tertiary/aromatic N) is 1. The van der Waals surface area contributed by atoms with E-state index in [2.05, 4.69) is 22.5 Å². The topological polar surface area (TPSA) is 108 Å². The average molecular weight is 406 g/mol. The van der Waals surface area contributed by atoms with E-state index in [1.54, 1.807) is 24.3 Å². The fraction of sp³-hybridized carbons (Fsp3) is 0.182. The molecule has 1 saturated heterocycles. The smallest absolute Gasteiger partial charge is 0.325 e. The summed E-state index contributed by atoms with van der Waals surface area (Å²) in [6.07, 6.45) is 1.68. The van der Waals surface area contributed by atoms with Gasteiger partial charge in [0.2, 0.25) is 5.91 Å². The zero-order valence-electron chi connectivity index (χ0n) is 16.3. The molecule has 0 aromatic heterocycles. The third-order valence-corrected chi connectivity index (χ3v) is 4.72. The standard InChI is InChI=1S/C22H22N4O4/c1-2-13-23-20(29)24-18(27)15-26-19(28)22(25-21(26)30,17-11-7-4-8-12-17)14-16-9-5-3-6-10-16/h2-12H,1,13-15H2,(H,25,30)(H2,23,24,27,29)/t22-/m1/s1. The van der Waals surface area contributed by atoms with Crippen molar-refractivity contribution in [1.82, 2.24) is 20.9 Å². The van der Waals surface area contributed by atoms with Crippen molar-refractivity contribution in [2.45, 2.75) is 12.0 Å². The monoisotopic (exact) mass is 406 g/mol. The Morgan fingerprint density at radius 2 is 1.67 bits per heavy atom. The van der Waals surface area contributed by atoms with Crippen LogP contribution < -0.4 is 16.0 Å². The van der Waals surface area contributed by atoms with Crippen molar-refractivity contribution >= 4 is 23.9 Å². The highest BCUT2D eigenvalue weighted by Gasteiger charge is 2.52. The van der Waals surface area contributed by atoms with E-state index in [0.29, 0.717) is 5.56 Å². The van der Waals surface area contributed by atoms with Gasteiger partial charge in [-0.05, 0) is 11.1 Å². The second kappa shape index (κ2) is 9.04. The number of carbonyl (C=O) groups excluding carboxylic acids is 4. The zero-order chi connectivity index (χ0) is 21.6. The molecule has 0 aliphatic carbocycles. The molecule has 0 unspecified atom stereocenters. The second-order valence-corrected chi connectivity index (χ2v) is 6.80. The van der Waals surface area contributed by atoms with Crippen molar-refractivity contribution in [3.8, 4) is 0 Å². The Bertz CT molecular complexity index is 962. The zero-order valence-corrected chi connectivity index (χ0v) is 16.3. The number of amides is 6. The van der Waals surface area contributed by atoms with E-state index in [1.807, 2.05) is 36.4 Å². The molecule has 0 spiro atoms. The van der Waals surface area contributed by atoms with Crippen LogP contribution in [0, 0.1) is 0 Å². The first kappa shape index (κ1) is 20.8. The van der Waals surface area contributed by atoms with Crippen molar-refractivity contribution in [2.24, 2.45) is 0 Å². The lowest BCUT2D eigenvalue weighted by Crippen LogP contribution is -2.48. The van der Waals surface area contributed by atoms with E-state index in [9.17, 15) is 19.2 Å². The molecule has 3 rings (SSSR count). The minimum atomic E-state index is -1.34. The van der Waals surface area contributed by atoms with Gasteiger partial charge in [0.15, 0.2) is 5.54 Å². The molecule has 8 heteroatoms. The predicted molar refractivity (Wildman–Crippen MR) is 110 cm³/mol. The molecule has 1 atom stereocenters. The maximum absolute atomic E-state index is 13.4. The van der Waals surface area contributed by atoms with Gasteiger partial charge in [-0.3, -0.25) is 19.8 Å². The van der Waals surface area contributed by atoms with Crippen LogP contribution in [0.5, 0.6) is 0 Å². The molecule has 30 heavy (non-hydrogen) atoms. The summed E-state index contributed by atoms with van der Waals surface area (Å²) in [6, 6.07) is 16.8. The third-order valence-electron chi connectivity index (χ3n) is 4.72. The van der Waals surface area contributed by atoms with Crippen LogP contribution in [-0.2, 0) is 21.5 Å². The Balaban J connectivity index is 1.84. The predicted octanol–water partition coefficient (Wildman–Crippen LogP) is 1.69. The maximum atomic E-state index is 13.4. The lowest BCUT2D eigenvalue weighted by Gasteiger charge is -2.27. The summed E-state index contributed by atoms with van der Waals surface area (Å²) in [5.74, 6) is -1.33. The molecule has 3 N–H and O–H groups in total. The summed E-state index contributed by atoms with van der Waals surface area (Å²) in [5, 5.41) is 7.25. The molecule has 6 amide bonds. The first-order chi connectivity index (χ1) is 14.5. The number of rotatable bonds is 7. The molecule has 1 aliphatic rings. The number of urea groups is 2. The van der Waals surface area contributed by atoms with Crippen LogP contribution >= 0.6 is 0 Å². The van der Waals surface area contributed by atoms with Crippen LogP contribution in [0.2, 0.25) is 0 Å². The summed E-state index contributed by atoms with van der Waals surface area (Å²) >= 11 is 0. The van der Waals surface area contributed by atoms with Crippen molar-refractivity contribution in [1.29, 1.82) is 0 Å². The minimum Gasteiger partial charge on any atom is -0.334 e. The number of imide groups is 2. The lowest BCUT2D eigenvalue weighted by molar-refractivity contribution is -0.135. The molecule has 2 aromatic carbocycles. The molecule has 154 valence electrons. The van der Waals surface area contributed by atoms with E-state index >= 15 is 0 Å². The molecule has 0 saturated carbocycles. The Labute approximate surface area is 173 Å². The number of hydrogen-bond acceptors (Lipinski definition) is 4. The van der Waals surface area contributed by atoms with Gasteiger partial charge in [0.1, 0.15) is 6.54 Å². The van der Waals surface area contributed by atoms with Crippen LogP contribution in [0.3, 0.4) is 0 Å². The van der Waals surface area contributed by atoms with E-state index in [0.717, 1.165) is 10.5 Å². The maximum Gasteiger partial charge on any atom is 0.325 e. The molecule has 1 fully saturated rings. The Hall–Kier alpha value is -3.94. The quantitative estimate of drug-likeness (QED) is 0.480. The average Bonchev–Trinajstić information content (AvgIpc) is 2.98. The first-order valence-electron chi connectivity index (χ1n) is 9.38. The summed E-state index contributed by atoms with van der Waals surface area (Å²) in [6.45, 7) is 3.06. The van der Waals surface area contributed by atoms with E-state index in [1.165, 1.54) is 6.08 Å². The van der Waals surface area contributed by atoms with Crippen molar-refractivity contribution < 1.29 is 19.2 Å². The summed E-state index contributed by atoms with van der Waals surface area (Å²) in [5.41, 5.74) is 0.120. The molecule has 0 radical (unpaired) electrons. The SMILES string of the molecule is C=CCNC(=O)NC(=O)CN1C(=O)N[C@](Cc2ccccc2)(c2ccccc2)C1=O. The molecular weight excluding hydrogens is 384 g/mol. The first-order valence-corrected chi connectivity index (χ1v) is 9.38. The van der Waals surface area contributed by atoms with Crippen molar-refractivity contribution in [3.63, 3.8) is 0 Å². The third kappa shape index (κ3) is 4.38. The number of hydrogen-bond donors (Lipinski definition) is 3. The van der Waals surface area contributed by atoms with Crippen LogP contribution in [0.15, 0.2) is 73.3 Å². The Kier molecular flexibility index (Phi) is 6.26. The molecule has 8 nitrogen and oxygen atoms in total. The van der Waals surface area contributed by atoms with Gasteiger partial charge >= 0.3 is 12.1 Å². The van der Waals surface area contributed by atoms with Crippen LogP contribution in [0.25, 0.3) is 0 Å². The molecule has 1 heterocycles. The van der Waals surface area contributed by atoms with Gasteiger partial charge in [-0.15, -0.1) is 6.58 Å². The highest BCUT2D eigenvalue weighted by molar-refractivity contribution is 6.10. The van der Waals surface area contributed by atoms with E-state index in [4.69, 9.17) is 0 Å². The second-order valence-electron chi connectivity index (χ2n) is 6.80. The summed E-state index contributed by atoms with van der Waals surface area (Å²) in [4.78, 5) is 50.7. The normalized spacial score (nSPS) is 17.9. The lowest BCUT2D eigenvalue weighted by atomic mass is 9.83. The van der Waals surface area contributed by atoms with Gasteiger partial charge in [-0.25, -0.2) is 9.59 Å². The van der Waals surface area contributed by atoms with Gasteiger partial charge in [-0.2, -0.15) is 0 Å². The van der Waals surface area contributed by atoms with Crippen LogP contribution in [0.4, 0.5) is 9.59 Å². The molecule has 0 bridgehead atoms. The number of carbonyl (C=O) groups is 4. The van der Waals surface area contributed by atoms with E-state index < -0.39 is 36.0 Å². The fourth-order valence-corrected chi connectivity index (χ4v) is 3.33. The van der Waals surface area contributed by atoms with Crippen molar-refractivity contribution in [3.05, 3.63) is 84.4 Å². The largest absolute Gasteiger partial charge is 0.334 e. The van der Waals surface area contributed by atoms with Gasteiger partial charge in [-0.1, -0.05) is 66.7 Å². The highest BCUT2D eigenvalue weighted by Crippen LogP contribution is 2.32. The highest BCUT2D eigenvalue weighted by atomic mass is 16.2. The van der Waals surface area contributed by atoms with Crippen molar-refractivity contribution in [2.75, 3.05) is 13.1 Å². The Morgan fingerprint density at radius 3 is 2.30 bits per heavy atom. The molecule has 1 aliphatic heterocycles. The van der Waals surface area contributed by atoms with Gasteiger partial charge in [0, 0.05) is 13.0 Å². The summed E-state index contributed by atoms with van der Waals surface area (Å²) in [7, 11) is 0. The Morgan fingerprint density at radius 1 is 1.03 bits per heavy atom. The molecular formula is C22H22N4O4. The van der Waals surface area contributed by atoms with Crippen LogP contribution in [-0.4, -0.2) is 41.9 Å². The number of benzene rings is 2. The van der Waals surface area contributed by atoms with Gasteiger partial charge in [0.25, 0.3) is 5.91 Å². The number of nitrogens with one attached hydrogen (secondary N) is 3. The van der Waals surface area contributed by atoms with Gasteiger partial charge < -0.3 is 10.6 Å². The summed E-state index contributed by atoms with van der Waals surface area (Å²) < 4.78 is 0. The van der Waals surface area contributed by atoms with Crippen LogP contribution in [0.1, 0.15) is 11.1 Å². The van der Waals surface area contributed by atoms with E-state index in [-0.39, 0.29) is 13.0 Å². The minimum absolute atomic E-state index is 0.177. The molecule has 2 aromatic rings.